The van der Waals surface area contributed by atoms with Crippen LogP contribution in [-0.4, -0.2) is 28.2 Å². The summed E-state index contributed by atoms with van der Waals surface area (Å²) < 4.78 is 46.1. The van der Waals surface area contributed by atoms with Crippen molar-refractivity contribution in [1.82, 2.24) is 15.3 Å². The minimum absolute atomic E-state index is 0.102. The molecule has 1 aliphatic heterocycles. The van der Waals surface area contributed by atoms with Gasteiger partial charge >= 0.3 is 6.18 Å². The van der Waals surface area contributed by atoms with Crippen LogP contribution in [0.2, 0.25) is 0 Å². The van der Waals surface area contributed by atoms with Crippen LogP contribution in [0.3, 0.4) is 0 Å². The van der Waals surface area contributed by atoms with Gasteiger partial charge in [-0.1, -0.05) is 37.3 Å². The molecule has 174 valence electrons. The van der Waals surface area contributed by atoms with Gasteiger partial charge in [-0.2, -0.15) is 18.2 Å². The molecule has 6 nitrogen and oxygen atoms in total. The molecule has 1 atom stereocenters. The van der Waals surface area contributed by atoms with E-state index in [1.807, 2.05) is 47.4 Å². The molecule has 33 heavy (non-hydrogen) atoms. The molecule has 0 aliphatic carbocycles. The summed E-state index contributed by atoms with van der Waals surface area (Å²) in [6, 6.07) is 14.3. The van der Waals surface area contributed by atoms with E-state index in [0.717, 1.165) is 24.5 Å². The van der Waals surface area contributed by atoms with Crippen LogP contribution in [0.15, 0.2) is 52.9 Å². The van der Waals surface area contributed by atoms with Crippen molar-refractivity contribution < 1.29 is 17.6 Å². The Labute approximate surface area is 195 Å². The van der Waals surface area contributed by atoms with Crippen LogP contribution in [0.1, 0.15) is 31.2 Å². The van der Waals surface area contributed by atoms with Crippen LogP contribution >= 0.6 is 12.2 Å². The third-order valence-electron chi connectivity index (χ3n) is 5.35. The molecule has 0 spiro atoms. The normalized spacial score (nSPS) is 16.5. The van der Waals surface area contributed by atoms with Gasteiger partial charge in [-0.25, -0.2) is 4.98 Å². The lowest BCUT2D eigenvalue weighted by atomic mass is 10.0. The molecule has 1 unspecified atom stereocenters. The average molecular weight is 476 g/mol. The van der Waals surface area contributed by atoms with Gasteiger partial charge < -0.3 is 20.0 Å². The number of alkyl halides is 3. The van der Waals surface area contributed by atoms with Crippen molar-refractivity contribution >= 4 is 29.1 Å². The van der Waals surface area contributed by atoms with Crippen molar-refractivity contribution in [3.05, 3.63) is 60.0 Å². The molecule has 3 heterocycles. The number of hydrogen-bond donors (Lipinski definition) is 2. The molecule has 2 N–H and O–H groups in total. The Bertz CT molecular complexity index is 1100. The number of halogens is 3. The highest BCUT2D eigenvalue weighted by Crippen LogP contribution is 2.32. The molecule has 4 rings (SSSR count). The van der Waals surface area contributed by atoms with Gasteiger partial charge in [0.1, 0.15) is 17.3 Å². The predicted molar refractivity (Wildman–Crippen MR) is 125 cm³/mol. The van der Waals surface area contributed by atoms with E-state index >= 15 is 0 Å². The summed E-state index contributed by atoms with van der Waals surface area (Å²) >= 11 is 5.25. The Morgan fingerprint density at radius 3 is 2.70 bits per heavy atom. The first-order valence-electron chi connectivity index (χ1n) is 10.7. The zero-order valence-corrected chi connectivity index (χ0v) is 18.8. The smallest absolute Gasteiger partial charge is 0.433 e. The lowest BCUT2D eigenvalue weighted by Gasteiger charge is -2.32. The first-order chi connectivity index (χ1) is 15.8. The largest absolute Gasteiger partial charge is 0.459 e. The van der Waals surface area contributed by atoms with E-state index in [1.165, 1.54) is 0 Å². The van der Waals surface area contributed by atoms with E-state index in [4.69, 9.17) is 16.6 Å². The molecule has 0 bridgehead atoms. The number of hydrogen-bond acceptors (Lipinski definition) is 5. The molecular formula is C23H24F3N5OS. The first-order valence-corrected chi connectivity index (χ1v) is 11.1. The molecule has 3 aromatic rings. The van der Waals surface area contributed by atoms with E-state index in [1.54, 1.807) is 0 Å². The highest BCUT2D eigenvalue weighted by Gasteiger charge is 2.34. The monoisotopic (exact) mass is 475 g/mol. The van der Waals surface area contributed by atoms with Crippen LogP contribution in [0.4, 0.5) is 24.9 Å². The molecular weight excluding hydrogens is 451 g/mol. The van der Waals surface area contributed by atoms with Crippen molar-refractivity contribution in [3.63, 3.8) is 0 Å². The van der Waals surface area contributed by atoms with Gasteiger partial charge in [0, 0.05) is 24.7 Å². The summed E-state index contributed by atoms with van der Waals surface area (Å²) in [6.07, 6.45) is -2.64. The number of piperidine rings is 1. The Morgan fingerprint density at radius 2 is 1.97 bits per heavy atom. The number of anilines is 2. The second-order valence-electron chi connectivity index (χ2n) is 8.07. The van der Waals surface area contributed by atoms with Gasteiger partial charge in [-0.3, -0.25) is 0 Å². The summed E-state index contributed by atoms with van der Waals surface area (Å²) in [4.78, 5) is 9.79. The van der Waals surface area contributed by atoms with Gasteiger partial charge in [-0.05, 0) is 43.1 Å². The SMILES string of the molecule is CC1CCCN(c2cc(C(F)(F)F)nc(NC(=S)NCc3ccc(-c4ccccc4)o3)n2)C1. The summed E-state index contributed by atoms with van der Waals surface area (Å²) in [6.45, 7) is 3.64. The van der Waals surface area contributed by atoms with Gasteiger partial charge in [0.25, 0.3) is 0 Å². The van der Waals surface area contributed by atoms with Gasteiger partial charge in [0.15, 0.2) is 10.8 Å². The number of nitrogens with zero attached hydrogens (tertiary/aromatic N) is 3. The number of nitrogens with one attached hydrogen (secondary N) is 2. The van der Waals surface area contributed by atoms with E-state index in [2.05, 4.69) is 27.5 Å². The summed E-state index contributed by atoms with van der Waals surface area (Å²) in [7, 11) is 0. The maximum absolute atomic E-state index is 13.4. The maximum Gasteiger partial charge on any atom is 0.433 e. The van der Waals surface area contributed by atoms with Crippen molar-refractivity contribution in [3.8, 4) is 11.3 Å². The van der Waals surface area contributed by atoms with E-state index in [-0.39, 0.29) is 23.4 Å². The highest BCUT2D eigenvalue weighted by atomic mass is 32.1. The number of furan rings is 1. The molecule has 0 amide bonds. The Morgan fingerprint density at radius 1 is 1.18 bits per heavy atom. The van der Waals surface area contributed by atoms with E-state index in [9.17, 15) is 13.2 Å². The minimum Gasteiger partial charge on any atom is -0.459 e. The fourth-order valence-electron chi connectivity index (χ4n) is 3.74. The molecule has 2 aromatic heterocycles. The van der Waals surface area contributed by atoms with Crippen LogP contribution in [0.25, 0.3) is 11.3 Å². The Balaban J connectivity index is 1.43. The van der Waals surface area contributed by atoms with Crippen molar-refractivity contribution in [2.45, 2.75) is 32.5 Å². The number of benzene rings is 1. The molecule has 1 saturated heterocycles. The fraction of sp³-hybridized carbons (Fsp3) is 0.348. The quantitative estimate of drug-likeness (QED) is 0.474. The lowest BCUT2D eigenvalue weighted by molar-refractivity contribution is -0.141. The third-order valence-corrected chi connectivity index (χ3v) is 5.60. The predicted octanol–water partition coefficient (Wildman–Crippen LogP) is 5.48. The molecule has 1 aliphatic rings. The standard InChI is InChI=1S/C23H24F3N5OS/c1-15-6-5-11-31(14-15)20-12-19(23(24,25)26)28-21(29-20)30-22(33)27-13-17-9-10-18(32-17)16-7-3-2-4-8-16/h2-4,7-10,12,15H,5-6,11,13-14H2,1H3,(H2,27,28,29,30,33). The molecule has 1 fully saturated rings. The van der Waals surface area contributed by atoms with Crippen LogP contribution < -0.4 is 15.5 Å². The van der Waals surface area contributed by atoms with Crippen LogP contribution in [0.5, 0.6) is 0 Å². The summed E-state index contributed by atoms with van der Waals surface area (Å²) in [5, 5.41) is 5.71. The zero-order chi connectivity index (χ0) is 23.4. The topological polar surface area (TPSA) is 66.2 Å². The number of aromatic nitrogens is 2. The molecule has 10 heteroatoms. The lowest BCUT2D eigenvalue weighted by Crippen LogP contribution is -2.35. The average Bonchev–Trinajstić information content (AvgIpc) is 3.27. The van der Waals surface area contributed by atoms with Gasteiger partial charge in [0.05, 0.1) is 6.54 Å². The maximum atomic E-state index is 13.4. The van der Waals surface area contributed by atoms with E-state index < -0.39 is 11.9 Å². The number of rotatable bonds is 5. The second-order valence-corrected chi connectivity index (χ2v) is 8.47. The molecule has 1 aromatic carbocycles. The Hall–Kier alpha value is -3.14. The molecule has 0 saturated carbocycles. The minimum atomic E-state index is -4.59. The van der Waals surface area contributed by atoms with E-state index in [0.29, 0.717) is 30.5 Å². The van der Waals surface area contributed by atoms with Crippen LogP contribution in [0, 0.1) is 5.92 Å². The van der Waals surface area contributed by atoms with Crippen LogP contribution in [-0.2, 0) is 12.7 Å². The zero-order valence-electron chi connectivity index (χ0n) is 18.0. The highest BCUT2D eigenvalue weighted by molar-refractivity contribution is 7.80. The summed E-state index contributed by atoms with van der Waals surface area (Å²) in [5.74, 6) is 1.78. The third kappa shape index (κ3) is 6.01. The summed E-state index contributed by atoms with van der Waals surface area (Å²) in [5.41, 5.74) is -0.0593. The second kappa shape index (κ2) is 9.78. The van der Waals surface area contributed by atoms with Crippen molar-refractivity contribution in [1.29, 1.82) is 0 Å². The number of thiocarbonyl (C=S) groups is 1. The first kappa shape index (κ1) is 23.0. The van der Waals surface area contributed by atoms with Crippen molar-refractivity contribution in [2.24, 2.45) is 5.92 Å². The van der Waals surface area contributed by atoms with Gasteiger partial charge in [-0.15, -0.1) is 0 Å². The van der Waals surface area contributed by atoms with Gasteiger partial charge in [0.2, 0.25) is 5.95 Å². The van der Waals surface area contributed by atoms with Crippen molar-refractivity contribution in [2.75, 3.05) is 23.3 Å². The fourth-order valence-corrected chi connectivity index (χ4v) is 3.90. The molecule has 0 radical (unpaired) electrons. The Kier molecular flexibility index (Phi) is 6.83.